The van der Waals surface area contributed by atoms with Crippen molar-refractivity contribution in [3.63, 3.8) is 0 Å². The van der Waals surface area contributed by atoms with Gasteiger partial charge in [0.25, 0.3) is 0 Å². The van der Waals surface area contributed by atoms with Crippen molar-refractivity contribution in [1.82, 2.24) is 4.90 Å². The van der Waals surface area contributed by atoms with Gasteiger partial charge in [0.1, 0.15) is 0 Å². The van der Waals surface area contributed by atoms with Gasteiger partial charge < -0.3 is 10.0 Å². The highest BCUT2D eigenvalue weighted by molar-refractivity contribution is 5.89. The number of benzene rings is 1. The normalized spacial score (nSPS) is 15.2. The SMILES string of the molecule is CCCN(CC1CCCCC1)C(=O)CCc1ccccc1C(=O)O. The van der Waals surface area contributed by atoms with Gasteiger partial charge in [0.2, 0.25) is 5.91 Å². The van der Waals surface area contributed by atoms with E-state index >= 15 is 0 Å². The number of amides is 1. The first kappa shape index (κ1) is 18.5. The number of carboxylic acids is 1. The number of carbonyl (C=O) groups excluding carboxylic acids is 1. The zero-order valence-electron chi connectivity index (χ0n) is 14.7. The summed E-state index contributed by atoms with van der Waals surface area (Å²) in [5.41, 5.74) is 1.05. The van der Waals surface area contributed by atoms with E-state index in [1.807, 2.05) is 17.0 Å². The van der Waals surface area contributed by atoms with Crippen LogP contribution in [0, 0.1) is 5.92 Å². The molecule has 0 spiro atoms. The van der Waals surface area contributed by atoms with Gasteiger partial charge in [-0.15, -0.1) is 0 Å². The number of carbonyl (C=O) groups is 2. The molecule has 0 bridgehead atoms. The van der Waals surface area contributed by atoms with Crippen molar-refractivity contribution < 1.29 is 14.7 Å². The molecule has 1 aromatic carbocycles. The Balaban J connectivity index is 1.94. The van der Waals surface area contributed by atoms with Crippen molar-refractivity contribution in [2.75, 3.05) is 13.1 Å². The van der Waals surface area contributed by atoms with Crippen LogP contribution in [0.2, 0.25) is 0 Å². The minimum atomic E-state index is -0.925. The molecule has 0 atom stereocenters. The first-order chi connectivity index (χ1) is 11.6. The van der Waals surface area contributed by atoms with E-state index in [0.29, 0.717) is 24.3 Å². The number of nitrogens with zero attached hydrogens (tertiary/aromatic N) is 1. The van der Waals surface area contributed by atoms with Crippen molar-refractivity contribution in [2.45, 2.75) is 58.3 Å². The highest BCUT2D eigenvalue weighted by Crippen LogP contribution is 2.25. The second-order valence-corrected chi connectivity index (χ2v) is 6.81. The molecule has 0 heterocycles. The van der Waals surface area contributed by atoms with Gasteiger partial charge in [0, 0.05) is 19.5 Å². The van der Waals surface area contributed by atoms with Gasteiger partial charge in [-0.1, -0.05) is 44.4 Å². The quantitative estimate of drug-likeness (QED) is 0.779. The van der Waals surface area contributed by atoms with Crippen molar-refractivity contribution >= 4 is 11.9 Å². The Hall–Kier alpha value is -1.84. The van der Waals surface area contributed by atoms with Crippen LogP contribution in [0.3, 0.4) is 0 Å². The smallest absolute Gasteiger partial charge is 0.335 e. The van der Waals surface area contributed by atoms with E-state index in [0.717, 1.165) is 25.1 Å². The summed E-state index contributed by atoms with van der Waals surface area (Å²) in [6, 6.07) is 6.97. The van der Waals surface area contributed by atoms with Gasteiger partial charge in [0.15, 0.2) is 0 Å². The first-order valence-electron chi connectivity index (χ1n) is 9.20. The minimum Gasteiger partial charge on any atom is -0.478 e. The van der Waals surface area contributed by atoms with Crippen LogP contribution in [0.4, 0.5) is 0 Å². The summed E-state index contributed by atoms with van der Waals surface area (Å²) in [5.74, 6) is -0.131. The van der Waals surface area contributed by atoms with Crippen LogP contribution < -0.4 is 0 Å². The molecule has 132 valence electrons. The maximum absolute atomic E-state index is 12.6. The molecule has 1 fully saturated rings. The van der Waals surface area contributed by atoms with Gasteiger partial charge in [0.05, 0.1) is 5.56 Å². The van der Waals surface area contributed by atoms with E-state index in [1.165, 1.54) is 32.1 Å². The standard InChI is InChI=1S/C20H29NO3/c1-2-14-21(15-16-8-4-3-5-9-16)19(22)13-12-17-10-6-7-11-18(17)20(23)24/h6-7,10-11,16H,2-5,8-9,12-15H2,1H3,(H,23,24). The number of rotatable bonds is 8. The zero-order valence-corrected chi connectivity index (χ0v) is 14.7. The number of aromatic carboxylic acids is 1. The first-order valence-corrected chi connectivity index (χ1v) is 9.20. The van der Waals surface area contributed by atoms with Crippen molar-refractivity contribution in [2.24, 2.45) is 5.92 Å². The molecule has 1 amide bonds. The predicted octanol–water partition coefficient (Wildman–Crippen LogP) is 4.14. The second kappa shape index (κ2) is 9.45. The van der Waals surface area contributed by atoms with E-state index < -0.39 is 5.97 Å². The minimum absolute atomic E-state index is 0.155. The molecule has 0 radical (unpaired) electrons. The monoisotopic (exact) mass is 331 g/mol. The molecule has 0 aliphatic heterocycles. The lowest BCUT2D eigenvalue weighted by molar-refractivity contribution is -0.132. The Morgan fingerprint density at radius 1 is 1.17 bits per heavy atom. The summed E-state index contributed by atoms with van der Waals surface area (Å²) in [6.45, 7) is 3.77. The topological polar surface area (TPSA) is 57.6 Å². The Kier molecular flexibility index (Phi) is 7.29. The van der Waals surface area contributed by atoms with Crippen LogP contribution in [0.5, 0.6) is 0 Å². The molecule has 1 aromatic rings. The molecule has 1 N–H and O–H groups in total. The lowest BCUT2D eigenvalue weighted by Gasteiger charge is -2.30. The third-order valence-electron chi connectivity index (χ3n) is 4.91. The number of hydrogen-bond acceptors (Lipinski definition) is 2. The molecule has 0 aromatic heterocycles. The van der Waals surface area contributed by atoms with Gasteiger partial charge >= 0.3 is 5.97 Å². The van der Waals surface area contributed by atoms with Crippen molar-refractivity contribution in [3.8, 4) is 0 Å². The van der Waals surface area contributed by atoms with Crippen LogP contribution in [-0.4, -0.2) is 35.0 Å². The summed E-state index contributed by atoms with van der Waals surface area (Å²) < 4.78 is 0. The lowest BCUT2D eigenvalue weighted by atomic mass is 9.89. The third kappa shape index (κ3) is 5.36. The van der Waals surface area contributed by atoms with E-state index in [-0.39, 0.29) is 5.91 Å². The fourth-order valence-corrected chi connectivity index (χ4v) is 3.62. The maximum Gasteiger partial charge on any atom is 0.335 e. The van der Waals surface area contributed by atoms with Crippen LogP contribution in [0.25, 0.3) is 0 Å². The molecule has 1 saturated carbocycles. The largest absolute Gasteiger partial charge is 0.478 e. The number of carboxylic acid groups (broad SMARTS) is 1. The molecule has 1 aliphatic rings. The van der Waals surface area contributed by atoms with E-state index in [1.54, 1.807) is 12.1 Å². The van der Waals surface area contributed by atoms with Gasteiger partial charge in [-0.25, -0.2) is 4.79 Å². The molecular formula is C20H29NO3. The van der Waals surface area contributed by atoms with Gasteiger partial charge in [-0.2, -0.15) is 0 Å². The summed E-state index contributed by atoms with van der Waals surface area (Å²) in [7, 11) is 0. The third-order valence-corrected chi connectivity index (χ3v) is 4.91. The molecular weight excluding hydrogens is 302 g/mol. The Morgan fingerprint density at radius 3 is 2.54 bits per heavy atom. The van der Waals surface area contributed by atoms with Gasteiger partial charge in [-0.3, -0.25) is 4.79 Å². The van der Waals surface area contributed by atoms with E-state index in [9.17, 15) is 14.7 Å². The molecule has 4 heteroatoms. The highest BCUT2D eigenvalue weighted by Gasteiger charge is 2.20. The summed E-state index contributed by atoms with van der Waals surface area (Å²) >= 11 is 0. The predicted molar refractivity (Wildman–Crippen MR) is 95.2 cm³/mol. The fourth-order valence-electron chi connectivity index (χ4n) is 3.62. The molecule has 2 rings (SSSR count). The van der Waals surface area contributed by atoms with E-state index in [4.69, 9.17) is 0 Å². The maximum atomic E-state index is 12.6. The summed E-state index contributed by atoms with van der Waals surface area (Å²) in [4.78, 5) is 25.9. The zero-order chi connectivity index (χ0) is 17.4. The summed E-state index contributed by atoms with van der Waals surface area (Å²) in [6.07, 6.45) is 8.19. The fraction of sp³-hybridized carbons (Fsp3) is 0.600. The van der Waals surface area contributed by atoms with Crippen LogP contribution in [0.1, 0.15) is 67.8 Å². The molecule has 1 aliphatic carbocycles. The van der Waals surface area contributed by atoms with Crippen molar-refractivity contribution in [3.05, 3.63) is 35.4 Å². The highest BCUT2D eigenvalue weighted by atomic mass is 16.4. The Bertz CT molecular complexity index is 550. The molecule has 0 unspecified atom stereocenters. The molecule has 4 nitrogen and oxygen atoms in total. The second-order valence-electron chi connectivity index (χ2n) is 6.81. The number of hydrogen-bond donors (Lipinski definition) is 1. The lowest BCUT2D eigenvalue weighted by Crippen LogP contribution is -2.36. The van der Waals surface area contributed by atoms with Crippen LogP contribution in [-0.2, 0) is 11.2 Å². The van der Waals surface area contributed by atoms with Crippen LogP contribution in [0.15, 0.2) is 24.3 Å². The summed E-state index contributed by atoms with van der Waals surface area (Å²) in [5, 5.41) is 9.25. The average Bonchev–Trinajstić information content (AvgIpc) is 2.60. The molecule has 24 heavy (non-hydrogen) atoms. The van der Waals surface area contributed by atoms with Crippen molar-refractivity contribution in [1.29, 1.82) is 0 Å². The molecule has 0 saturated heterocycles. The average molecular weight is 331 g/mol. The Labute approximate surface area is 144 Å². The van der Waals surface area contributed by atoms with Crippen LogP contribution >= 0.6 is 0 Å². The number of aryl methyl sites for hydroxylation is 1. The van der Waals surface area contributed by atoms with E-state index in [2.05, 4.69) is 6.92 Å². The Morgan fingerprint density at radius 2 is 1.88 bits per heavy atom. The van der Waals surface area contributed by atoms with Gasteiger partial charge in [-0.05, 0) is 43.2 Å².